The fourth-order valence-electron chi connectivity index (χ4n) is 8.95. The molecule has 0 bridgehead atoms. The van der Waals surface area contributed by atoms with Crippen molar-refractivity contribution in [3.63, 3.8) is 0 Å². The quantitative estimate of drug-likeness (QED) is 0.125. The fourth-order valence-corrected chi connectivity index (χ4v) is 12.0. The van der Waals surface area contributed by atoms with Crippen molar-refractivity contribution < 1.29 is 64.8 Å². The molecular weight excluding hydrogens is 1310 g/mol. The summed E-state index contributed by atoms with van der Waals surface area (Å²) in [5, 5.41) is 47.4. The third-order valence-corrected chi connectivity index (χ3v) is 19.1. The number of rotatable bonds is 12. The number of nitrogens with zero attached hydrogens (tertiary/aromatic N) is 24. The zero-order valence-electron chi connectivity index (χ0n) is 49.4. The monoisotopic (exact) mass is 1360 g/mol. The molecule has 12 aromatic heterocycles. The van der Waals surface area contributed by atoms with Gasteiger partial charge in [-0.1, -0.05) is 31.2 Å². The molecule has 0 aliphatic rings. The zero-order valence-corrected chi connectivity index (χ0v) is 51.8. The second-order valence-electron chi connectivity index (χ2n) is 19.9. The van der Waals surface area contributed by atoms with Crippen molar-refractivity contribution in [3.8, 4) is 69.1 Å². The average molecular weight is 1360 g/mol. The number of aromatic nitrogens is 24. The smallest absolute Gasteiger partial charge is 0.307 e. The average Bonchev–Trinajstić information content (AvgIpc) is 1.69. The highest BCUT2D eigenvalue weighted by molar-refractivity contribution is 7.92. The van der Waals surface area contributed by atoms with Crippen molar-refractivity contribution >= 4 is 63.0 Å². The number of aryl methyl sites for hydroxylation is 3. The normalized spacial score (nSPS) is 12.6. The van der Waals surface area contributed by atoms with Gasteiger partial charge in [0, 0.05) is 60.9 Å². The Labute approximate surface area is 517 Å². The van der Waals surface area contributed by atoms with Crippen molar-refractivity contribution in [2.75, 3.05) is 17.3 Å². The Bertz CT molecular complexity index is 5100. The number of halogens is 9. The first-order chi connectivity index (χ1) is 43.6. The third kappa shape index (κ3) is 12.8. The third-order valence-electron chi connectivity index (χ3n) is 13.9. The summed E-state index contributed by atoms with van der Waals surface area (Å²) in [4.78, 5) is 25.7. The maximum atomic E-state index is 13.1. The van der Waals surface area contributed by atoms with Gasteiger partial charge in [-0.3, -0.25) is 15.0 Å². The topological polar surface area (TPSA) is 364 Å². The van der Waals surface area contributed by atoms with E-state index in [0.717, 1.165) is 55.0 Å². The first kappa shape index (κ1) is 65.7. The lowest BCUT2D eigenvalue weighted by Crippen LogP contribution is -2.10. The molecule has 0 fully saturated rings. The van der Waals surface area contributed by atoms with E-state index in [-0.39, 0.29) is 123 Å². The van der Waals surface area contributed by atoms with Gasteiger partial charge in [-0.15, -0.1) is 45.9 Å². The standard InChI is InChI=1S/3C17H15F3N8O2S/c1-4-31(29,30)12-8-10-14(26-28(3)25-10)22-13(12)16-24-23-15(27(16)2)11-7-9(5-6-21-11)17(18,19)20;1-4-31(29,30)12-8-11-14(23-26-28(11)3)22-13(12)16-25-24-15(27(16)2)10-7-9(5-6-21-10)17(18,19)20;1-4-31(29,30)12-8-11-14(28(3)26-23-11)22-13(12)16-25-24-15(27(16)2)10-7-9(5-6-21-10)17(18,19)20/h3*5-8H,4H2,1-3H3. The molecule has 0 spiro atoms. The van der Waals surface area contributed by atoms with Crippen LogP contribution in [0.3, 0.4) is 0 Å². The number of sulfone groups is 3. The van der Waals surface area contributed by atoms with E-state index < -0.39 is 64.7 Å². The van der Waals surface area contributed by atoms with Gasteiger partial charge in [-0.2, -0.15) is 49.4 Å². The van der Waals surface area contributed by atoms with Crippen molar-refractivity contribution in [2.45, 2.75) is 54.0 Å². The minimum Gasteiger partial charge on any atom is -0.307 e. The van der Waals surface area contributed by atoms with Gasteiger partial charge < -0.3 is 13.7 Å². The van der Waals surface area contributed by atoms with E-state index in [1.54, 1.807) is 21.1 Å². The van der Waals surface area contributed by atoms with Crippen LogP contribution < -0.4 is 0 Å². The summed E-state index contributed by atoms with van der Waals surface area (Å²) in [6.07, 6.45) is -10.6. The van der Waals surface area contributed by atoms with Crippen LogP contribution in [0.4, 0.5) is 39.5 Å². The number of fused-ring (bicyclic) bond motifs is 3. The Morgan fingerprint density at radius 2 is 0.753 bits per heavy atom. The zero-order chi connectivity index (χ0) is 67.7. The Hall–Kier alpha value is -10.3. The van der Waals surface area contributed by atoms with Gasteiger partial charge in [0.05, 0.1) is 48.6 Å². The fraction of sp³-hybridized carbons (Fsp3) is 0.294. The van der Waals surface area contributed by atoms with Gasteiger partial charge in [0.15, 0.2) is 70.1 Å². The molecule has 12 heterocycles. The van der Waals surface area contributed by atoms with Crippen LogP contribution in [0.2, 0.25) is 0 Å². The van der Waals surface area contributed by atoms with Gasteiger partial charge in [-0.25, -0.2) is 49.6 Å². The maximum absolute atomic E-state index is 13.1. The summed E-state index contributed by atoms with van der Waals surface area (Å²) in [5.41, 5.74) is -1.30. The Balaban J connectivity index is 0.000000153. The molecule has 12 rings (SSSR count). The highest BCUT2D eigenvalue weighted by Crippen LogP contribution is 2.37. The molecule has 0 aliphatic heterocycles. The molecule has 0 saturated heterocycles. The lowest BCUT2D eigenvalue weighted by Gasteiger charge is -2.10. The molecule has 486 valence electrons. The summed E-state index contributed by atoms with van der Waals surface area (Å²) in [6.45, 7) is 4.45. The van der Waals surface area contributed by atoms with Crippen LogP contribution in [0.25, 0.3) is 103 Å². The lowest BCUT2D eigenvalue weighted by molar-refractivity contribution is -0.138. The molecule has 0 amide bonds. The first-order valence-electron chi connectivity index (χ1n) is 26.7. The number of pyridine rings is 6. The summed E-state index contributed by atoms with van der Waals surface area (Å²) in [5.74, 6) is -0.430. The highest BCUT2D eigenvalue weighted by Gasteiger charge is 2.36. The van der Waals surface area contributed by atoms with Crippen LogP contribution >= 0.6 is 0 Å². The predicted octanol–water partition coefficient (Wildman–Crippen LogP) is 6.10. The van der Waals surface area contributed by atoms with Gasteiger partial charge in [0.2, 0.25) is 11.3 Å². The Kier molecular flexibility index (Phi) is 17.0. The minimum atomic E-state index is -4.56. The van der Waals surface area contributed by atoms with Crippen molar-refractivity contribution in [1.29, 1.82) is 0 Å². The van der Waals surface area contributed by atoms with E-state index in [2.05, 4.69) is 91.3 Å². The van der Waals surface area contributed by atoms with Crippen LogP contribution in [-0.2, 0) is 90.3 Å². The minimum absolute atomic E-state index is 0.00650. The highest BCUT2D eigenvalue weighted by atomic mass is 32.2. The van der Waals surface area contributed by atoms with Gasteiger partial charge >= 0.3 is 18.5 Å². The molecule has 0 aliphatic carbocycles. The molecule has 0 atom stereocenters. The Morgan fingerprint density at radius 1 is 0.398 bits per heavy atom. The molecule has 0 aromatic carbocycles. The van der Waals surface area contributed by atoms with Crippen LogP contribution in [-0.4, -0.2) is 162 Å². The first-order valence-corrected chi connectivity index (χ1v) is 31.6. The second kappa shape index (κ2) is 24.1. The Morgan fingerprint density at radius 3 is 1.15 bits per heavy atom. The summed E-state index contributed by atoms with van der Waals surface area (Å²) in [7, 11) is -2.01. The van der Waals surface area contributed by atoms with Crippen LogP contribution in [0.5, 0.6) is 0 Å². The van der Waals surface area contributed by atoms with E-state index in [1.807, 2.05) is 0 Å². The molecule has 42 heteroatoms. The summed E-state index contributed by atoms with van der Waals surface area (Å²) in [6, 6.07) is 9.16. The predicted molar refractivity (Wildman–Crippen MR) is 307 cm³/mol. The second-order valence-corrected chi connectivity index (χ2v) is 26.6. The number of alkyl halides is 9. The van der Waals surface area contributed by atoms with Crippen LogP contribution in [0.1, 0.15) is 37.5 Å². The molecular formula is C51H45F9N24O6S3. The number of hydrogen-bond donors (Lipinski definition) is 0. The van der Waals surface area contributed by atoms with Gasteiger partial charge in [0.25, 0.3) is 0 Å². The SMILES string of the molecule is CCS(=O)(=O)c1cc2c(nnn2C)nc1-c1nnc(-c2cc(C(F)(F)F)ccn2)n1C.CCS(=O)(=O)c1cc2nn(C)nc2nc1-c1nnc(-c2cc(C(F)(F)F)ccn2)n1C.CCS(=O)(=O)c1cc2nnn(C)c2nc1-c1nnc(-c2cc(C(F)(F)F)ccn2)n1C. The molecule has 0 radical (unpaired) electrons. The van der Waals surface area contributed by atoms with Gasteiger partial charge in [0.1, 0.15) is 50.7 Å². The lowest BCUT2D eigenvalue weighted by atomic mass is 10.2. The molecule has 30 nitrogen and oxygen atoms in total. The van der Waals surface area contributed by atoms with E-state index >= 15 is 0 Å². The van der Waals surface area contributed by atoms with E-state index in [0.29, 0.717) is 11.2 Å². The largest absolute Gasteiger partial charge is 0.416 e. The summed E-state index contributed by atoms with van der Waals surface area (Å²) < 4.78 is 201. The van der Waals surface area contributed by atoms with Crippen molar-refractivity contribution in [1.82, 2.24) is 119 Å². The van der Waals surface area contributed by atoms with Crippen LogP contribution in [0.15, 0.2) is 87.9 Å². The summed E-state index contributed by atoms with van der Waals surface area (Å²) >= 11 is 0. The molecule has 12 aromatic rings. The van der Waals surface area contributed by atoms with Crippen LogP contribution in [0, 0.1) is 0 Å². The maximum Gasteiger partial charge on any atom is 0.416 e. The van der Waals surface area contributed by atoms with Gasteiger partial charge in [-0.05, 0) is 54.6 Å². The molecule has 0 unspecified atom stereocenters. The molecule has 93 heavy (non-hydrogen) atoms. The van der Waals surface area contributed by atoms with Crippen molar-refractivity contribution in [3.05, 3.63) is 89.9 Å². The van der Waals surface area contributed by atoms with E-state index in [9.17, 15) is 64.8 Å². The van der Waals surface area contributed by atoms with E-state index in [1.165, 1.54) is 88.0 Å². The van der Waals surface area contributed by atoms with Crippen molar-refractivity contribution in [2.24, 2.45) is 42.3 Å². The molecule has 0 N–H and O–H groups in total. The number of hydrogen-bond acceptors (Lipinski definition) is 24. The molecule has 0 saturated carbocycles. The van der Waals surface area contributed by atoms with E-state index in [4.69, 9.17) is 0 Å².